The Kier molecular flexibility index (Phi) is 9.39. The lowest BCUT2D eigenvalue weighted by atomic mass is 9.79. The fourth-order valence-corrected chi connectivity index (χ4v) is 6.70. The molecule has 3 aliphatic heterocycles. The quantitative estimate of drug-likeness (QED) is 0.135. The van der Waals surface area contributed by atoms with Crippen molar-refractivity contribution in [1.29, 1.82) is 0 Å². The molecule has 0 spiro atoms. The Hall–Kier alpha value is -4.72. The number of carbonyl (C=O) groups excluding carboxylic acids is 2. The maximum atomic E-state index is 13.4. The third-order valence-corrected chi connectivity index (χ3v) is 9.31. The number of hydrazine groups is 1. The highest BCUT2D eigenvalue weighted by atomic mass is 35.5. The summed E-state index contributed by atoms with van der Waals surface area (Å²) in [6, 6.07) is 26.1. The SMILES string of the molecule is COc1ccc2c(c1)C(c1ccc(Cl)cc1)=NC(CC(=O)NCCNC(=O)c1cccc(-c3ccc4c(c3)COB4O)c1)C1NNC(C)N21. The van der Waals surface area contributed by atoms with E-state index in [4.69, 9.17) is 26.0 Å². The fraction of sp³-hybridized carbons (Fsp3) is 0.250. The number of rotatable bonds is 9. The molecule has 2 amide bonds. The van der Waals surface area contributed by atoms with Gasteiger partial charge >= 0.3 is 7.12 Å². The summed E-state index contributed by atoms with van der Waals surface area (Å²) in [5.74, 6) is 0.279. The molecule has 3 unspecified atom stereocenters. The second kappa shape index (κ2) is 14.0. The Morgan fingerprint density at radius 3 is 2.59 bits per heavy atom. The van der Waals surface area contributed by atoms with E-state index in [2.05, 4.69) is 33.3 Å². The van der Waals surface area contributed by atoms with Gasteiger partial charge in [0.15, 0.2) is 0 Å². The van der Waals surface area contributed by atoms with Gasteiger partial charge in [0.2, 0.25) is 5.91 Å². The first kappa shape index (κ1) is 32.8. The number of methoxy groups -OCH3 is 1. The summed E-state index contributed by atoms with van der Waals surface area (Å²) in [5, 5.41) is 16.4. The third kappa shape index (κ3) is 6.78. The number of hydrogen-bond donors (Lipinski definition) is 5. The lowest BCUT2D eigenvalue weighted by Crippen LogP contribution is -2.48. The molecule has 1 fully saturated rings. The standard InChI is InChI=1S/C36H36BClN6O5/c1-21-42-43-35-31(41-34(22-6-9-27(38)10-7-22)29-18-28(48-2)11-13-32(29)44(21)35)19-33(45)39-14-15-40-36(46)25-5-3-4-23(16-25)24-8-12-30-26(17-24)20-49-37(30)47/h3-13,16-18,21,31,35,42-43,47H,14-15,19-20H2,1-2H3,(H,39,45)(H,40,46). The number of carbonyl (C=O) groups is 2. The number of benzene rings is 4. The molecule has 49 heavy (non-hydrogen) atoms. The van der Waals surface area contributed by atoms with Crippen molar-refractivity contribution < 1.29 is 24.0 Å². The minimum Gasteiger partial charge on any atom is -0.497 e. The molecule has 3 aliphatic rings. The molecule has 13 heteroatoms. The predicted molar refractivity (Wildman–Crippen MR) is 190 cm³/mol. The van der Waals surface area contributed by atoms with E-state index in [1.165, 1.54) is 0 Å². The van der Waals surface area contributed by atoms with Crippen LogP contribution in [-0.2, 0) is 16.1 Å². The van der Waals surface area contributed by atoms with E-state index in [0.717, 1.165) is 44.7 Å². The lowest BCUT2D eigenvalue weighted by molar-refractivity contribution is -0.121. The molecule has 0 aliphatic carbocycles. The molecule has 11 nitrogen and oxygen atoms in total. The topological polar surface area (TPSA) is 137 Å². The molecule has 250 valence electrons. The molecular formula is C36H36BClN6O5. The van der Waals surface area contributed by atoms with Crippen molar-refractivity contribution in [2.24, 2.45) is 4.99 Å². The van der Waals surface area contributed by atoms with Crippen molar-refractivity contribution in [3.8, 4) is 16.9 Å². The Morgan fingerprint density at radius 2 is 1.78 bits per heavy atom. The summed E-state index contributed by atoms with van der Waals surface area (Å²) in [6.07, 6.45) is -0.252. The first-order valence-corrected chi connectivity index (χ1v) is 16.6. The largest absolute Gasteiger partial charge is 0.497 e. The van der Waals surface area contributed by atoms with Crippen LogP contribution in [0.2, 0.25) is 5.02 Å². The highest BCUT2D eigenvalue weighted by Gasteiger charge is 2.41. The number of aliphatic imine (C=N–C) groups is 1. The molecule has 4 aromatic rings. The summed E-state index contributed by atoms with van der Waals surface area (Å²) in [7, 11) is 0.734. The van der Waals surface area contributed by atoms with Gasteiger partial charge in [0, 0.05) is 40.5 Å². The molecule has 0 bridgehead atoms. The van der Waals surface area contributed by atoms with Crippen molar-refractivity contribution in [2.75, 3.05) is 25.1 Å². The number of anilines is 1. The van der Waals surface area contributed by atoms with Crippen molar-refractivity contribution in [1.82, 2.24) is 21.5 Å². The summed E-state index contributed by atoms with van der Waals surface area (Å²) >= 11 is 6.22. The minimum atomic E-state index is -0.898. The lowest BCUT2D eigenvalue weighted by Gasteiger charge is -2.31. The van der Waals surface area contributed by atoms with Crippen molar-refractivity contribution in [3.05, 3.63) is 112 Å². The predicted octanol–water partition coefficient (Wildman–Crippen LogP) is 2.98. The highest BCUT2D eigenvalue weighted by molar-refractivity contribution is 6.61. The number of nitrogens with one attached hydrogen (secondary N) is 4. The third-order valence-electron chi connectivity index (χ3n) is 9.06. The molecule has 0 aromatic heterocycles. The molecule has 5 N–H and O–H groups in total. The van der Waals surface area contributed by atoms with Gasteiger partial charge in [-0.1, -0.05) is 48.0 Å². The van der Waals surface area contributed by atoms with Gasteiger partial charge in [-0.15, -0.1) is 0 Å². The van der Waals surface area contributed by atoms with E-state index < -0.39 is 13.2 Å². The van der Waals surface area contributed by atoms with Crippen LogP contribution in [0.15, 0.2) is 89.9 Å². The highest BCUT2D eigenvalue weighted by Crippen LogP contribution is 2.36. The van der Waals surface area contributed by atoms with Crippen molar-refractivity contribution in [3.63, 3.8) is 0 Å². The van der Waals surface area contributed by atoms with Crippen molar-refractivity contribution in [2.45, 2.75) is 38.3 Å². The molecule has 3 heterocycles. The van der Waals surface area contributed by atoms with Crippen LogP contribution in [0.4, 0.5) is 5.69 Å². The molecule has 7 rings (SSSR count). The number of halogens is 1. The van der Waals surface area contributed by atoms with Gasteiger partial charge in [0.1, 0.15) is 11.9 Å². The zero-order valence-corrected chi connectivity index (χ0v) is 27.8. The molecule has 4 aromatic carbocycles. The zero-order chi connectivity index (χ0) is 34.1. The van der Waals surface area contributed by atoms with Crippen LogP contribution < -0.4 is 36.6 Å². The molecule has 3 atom stereocenters. The maximum absolute atomic E-state index is 13.4. The first-order valence-electron chi connectivity index (χ1n) is 16.2. The molecule has 1 saturated heterocycles. The van der Waals surface area contributed by atoms with Crippen LogP contribution in [0.1, 0.15) is 40.4 Å². The van der Waals surface area contributed by atoms with Crippen LogP contribution in [0.3, 0.4) is 0 Å². The van der Waals surface area contributed by atoms with E-state index in [9.17, 15) is 14.6 Å². The van der Waals surface area contributed by atoms with Gasteiger partial charge in [-0.3, -0.25) is 14.6 Å². The molecule has 0 saturated carbocycles. The van der Waals surface area contributed by atoms with Crippen LogP contribution in [0, 0.1) is 0 Å². The summed E-state index contributed by atoms with van der Waals surface area (Å²) in [6.45, 7) is 2.91. The van der Waals surface area contributed by atoms with Gasteiger partial charge < -0.3 is 29.9 Å². The van der Waals surface area contributed by atoms with Crippen LogP contribution >= 0.6 is 11.6 Å². The van der Waals surface area contributed by atoms with Crippen molar-refractivity contribution >= 4 is 47.4 Å². The summed E-state index contributed by atoms with van der Waals surface area (Å²) in [5.41, 5.74) is 14.1. The Balaban J connectivity index is 1.02. The van der Waals surface area contributed by atoms with E-state index in [0.29, 0.717) is 22.9 Å². The Labute approximate surface area is 289 Å². The molecular weight excluding hydrogens is 643 g/mol. The number of ether oxygens (including phenoxy) is 1. The van der Waals surface area contributed by atoms with Gasteiger partial charge in [-0.2, -0.15) is 0 Å². The average molecular weight is 679 g/mol. The van der Waals surface area contributed by atoms with Crippen LogP contribution in [0.5, 0.6) is 5.75 Å². The number of hydrogen-bond acceptors (Lipinski definition) is 9. The summed E-state index contributed by atoms with van der Waals surface area (Å²) in [4.78, 5) is 33.8. The van der Waals surface area contributed by atoms with E-state index in [1.807, 2.05) is 78.9 Å². The summed E-state index contributed by atoms with van der Waals surface area (Å²) < 4.78 is 10.9. The number of fused-ring (bicyclic) bond motifs is 4. The number of nitrogens with zero attached hydrogens (tertiary/aromatic N) is 2. The zero-order valence-electron chi connectivity index (χ0n) is 27.1. The second-order valence-corrected chi connectivity index (χ2v) is 12.7. The monoisotopic (exact) mass is 678 g/mol. The minimum absolute atomic E-state index is 0.0687. The van der Waals surface area contributed by atoms with Crippen LogP contribution in [-0.4, -0.2) is 68.2 Å². The normalized spacial score (nSPS) is 19.3. The smallest absolute Gasteiger partial charge is 0.491 e. The van der Waals surface area contributed by atoms with Gasteiger partial charge in [0.25, 0.3) is 5.91 Å². The van der Waals surface area contributed by atoms with Gasteiger partial charge in [-0.05, 0) is 77.6 Å². The molecule has 0 radical (unpaired) electrons. The van der Waals surface area contributed by atoms with Gasteiger partial charge in [-0.25, -0.2) is 10.9 Å². The van der Waals surface area contributed by atoms with E-state index >= 15 is 0 Å². The maximum Gasteiger partial charge on any atom is 0.491 e. The van der Waals surface area contributed by atoms with Crippen LogP contribution in [0.25, 0.3) is 11.1 Å². The number of amides is 2. The Bertz CT molecular complexity index is 1920. The first-order chi connectivity index (χ1) is 23.8. The Morgan fingerprint density at radius 1 is 1.00 bits per heavy atom. The van der Waals surface area contributed by atoms with E-state index in [-0.39, 0.29) is 43.7 Å². The van der Waals surface area contributed by atoms with E-state index in [1.54, 1.807) is 13.2 Å². The average Bonchev–Trinajstić information content (AvgIpc) is 3.66. The fourth-order valence-electron chi connectivity index (χ4n) is 6.58. The second-order valence-electron chi connectivity index (χ2n) is 12.2. The van der Waals surface area contributed by atoms with Gasteiger partial charge in [0.05, 0.1) is 38.1 Å².